The number of aliphatic imine (C=N–C) groups is 1. The Balaban J connectivity index is 1.43. The van der Waals surface area contributed by atoms with E-state index in [0.717, 1.165) is 25.6 Å². The lowest BCUT2D eigenvalue weighted by atomic mass is 9.64. The van der Waals surface area contributed by atoms with E-state index in [1.54, 1.807) is 0 Å². The SMILES string of the molecule is CN=C(NCC1(c2ccccc2)CCC1)N1CCC(C)C(n2ccnc2)C1. The van der Waals surface area contributed by atoms with E-state index >= 15 is 0 Å². The lowest BCUT2D eigenvalue weighted by Gasteiger charge is -2.44. The van der Waals surface area contributed by atoms with E-state index in [4.69, 9.17) is 0 Å². The van der Waals surface area contributed by atoms with Crippen molar-refractivity contribution in [2.24, 2.45) is 10.9 Å². The molecular weight excluding hydrogens is 334 g/mol. The molecule has 2 fully saturated rings. The molecule has 1 aliphatic carbocycles. The van der Waals surface area contributed by atoms with Crippen LogP contribution in [0.1, 0.15) is 44.2 Å². The summed E-state index contributed by atoms with van der Waals surface area (Å²) < 4.78 is 2.25. The molecule has 1 N–H and O–H groups in total. The van der Waals surface area contributed by atoms with Gasteiger partial charge < -0.3 is 14.8 Å². The molecule has 1 aromatic carbocycles. The first-order valence-electron chi connectivity index (χ1n) is 10.2. The van der Waals surface area contributed by atoms with Gasteiger partial charge in [-0.1, -0.05) is 43.7 Å². The molecule has 2 aromatic rings. The number of hydrogen-bond donors (Lipinski definition) is 1. The Bertz CT molecular complexity index is 748. The van der Waals surface area contributed by atoms with Gasteiger partial charge in [0.15, 0.2) is 5.96 Å². The predicted octanol–water partition coefficient (Wildman–Crippen LogP) is 3.46. The molecule has 144 valence electrons. The molecule has 1 aromatic heterocycles. The van der Waals surface area contributed by atoms with Crippen molar-refractivity contribution in [3.8, 4) is 0 Å². The van der Waals surface area contributed by atoms with Crippen molar-refractivity contribution in [2.45, 2.75) is 44.1 Å². The number of hydrogen-bond acceptors (Lipinski definition) is 2. The van der Waals surface area contributed by atoms with Gasteiger partial charge in [0.25, 0.3) is 0 Å². The van der Waals surface area contributed by atoms with E-state index in [0.29, 0.717) is 12.0 Å². The number of piperidine rings is 1. The Labute approximate surface area is 162 Å². The number of likely N-dealkylation sites (tertiary alicyclic amines) is 1. The van der Waals surface area contributed by atoms with Crippen molar-refractivity contribution >= 4 is 5.96 Å². The maximum absolute atomic E-state index is 4.61. The van der Waals surface area contributed by atoms with E-state index in [9.17, 15) is 0 Å². The molecule has 2 aliphatic rings. The number of benzene rings is 1. The Hall–Kier alpha value is -2.30. The number of rotatable bonds is 4. The summed E-state index contributed by atoms with van der Waals surface area (Å²) in [5, 5.41) is 3.71. The monoisotopic (exact) mass is 365 g/mol. The maximum atomic E-state index is 4.61. The van der Waals surface area contributed by atoms with Crippen molar-refractivity contribution in [1.82, 2.24) is 19.8 Å². The van der Waals surface area contributed by atoms with Crippen LogP contribution in [0.25, 0.3) is 0 Å². The molecule has 1 saturated carbocycles. The molecule has 0 spiro atoms. The number of guanidine groups is 1. The minimum absolute atomic E-state index is 0.268. The minimum atomic E-state index is 0.268. The van der Waals surface area contributed by atoms with Gasteiger partial charge in [-0.15, -0.1) is 0 Å². The first-order chi connectivity index (χ1) is 13.2. The molecule has 2 atom stereocenters. The number of aromatic nitrogens is 2. The highest BCUT2D eigenvalue weighted by molar-refractivity contribution is 5.80. The Morgan fingerprint density at radius 1 is 1.30 bits per heavy atom. The topological polar surface area (TPSA) is 45.5 Å². The zero-order valence-electron chi connectivity index (χ0n) is 16.5. The van der Waals surface area contributed by atoms with Crippen LogP contribution in [-0.4, -0.2) is 47.1 Å². The summed E-state index contributed by atoms with van der Waals surface area (Å²) >= 11 is 0. The van der Waals surface area contributed by atoms with E-state index in [2.05, 4.69) is 68.2 Å². The lowest BCUT2D eigenvalue weighted by molar-refractivity contribution is 0.185. The number of imidazole rings is 1. The van der Waals surface area contributed by atoms with E-state index in [1.807, 2.05) is 19.6 Å². The molecule has 0 bridgehead atoms. The van der Waals surface area contributed by atoms with Crippen LogP contribution in [0, 0.1) is 5.92 Å². The third kappa shape index (κ3) is 3.60. The molecule has 1 aliphatic heterocycles. The van der Waals surface area contributed by atoms with E-state index in [1.165, 1.54) is 31.2 Å². The molecule has 27 heavy (non-hydrogen) atoms. The van der Waals surface area contributed by atoms with Gasteiger partial charge in [0.1, 0.15) is 0 Å². The summed E-state index contributed by atoms with van der Waals surface area (Å²) in [6.07, 6.45) is 10.9. The van der Waals surface area contributed by atoms with Crippen LogP contribution in [0.3, 0.4) is 0 Å². The van der Waals surface area contributed by atoms with Gasteiger partial charge in [0, 0.05) is 44.5 Å². The average molecular weight is 366 g/mol. The molecule has 5 heteroatoms. The Kier molecular flexibility index (Phi) is 5.19. The molecular formula is C22H31N5. The zero-order chi connectivity index (χ0) is 18.7. The first-order valence-corrected chi connectivity index (χ1v) is 10.2. The van der Waals surface area contributed by atoms with Crippen molar-refractivity contribution < 1.29 is 0 Å². The second kappa shape index (κ2) is 7.75. The first kappa shape index (κ1) is 18.1. The van der Waals surface area contributed by atoms with Crippen LogP contribution in [0.15, 0.2) is 54.0 Å². The largest absolute Gasteiger partial charge is 0.355 e. The summed E-state index contributed by atoms with van der Waals surface area (Å²) in [5.41, 5.74) is 1.73. The second-order valence-electron chi connectivity index (χ2n) is 8.19. The normalized spacial score (nSPS) is 25.1. The van der Waals surface area contributed by atoms with Crippen LogP contribution >= 0.6 is 0 Å². The average Bonchev–Trinajstić information content (AvgIpc) is 3.20. The van der Waals surface area contributed by atoms with Gasteiger partial charge in [0.05, 0.1) is 12.4 Å². The smallest absolute Gasteiger partial charge is 0.193 e. The quantitative estimate of drug-likeness (QED) is 0.667. The minimum Gasteiger partial charge on any atom is -0.355 e. The van der Waals surface area contributed by atoms with Gasteiger partial charge in [-0.25, -0.2) is 4.98 Å². The summed E-state index contributed by atoms with van der Waals surface area (Å²) in [6.45, 7) is 5.35. The third-order valence-electron chi connectivity index (χ3n) is 6.62. The summed E-state index contributed by atoms with van der Waals surface area (Å²) in [7, 11) is 1.91. The van der Waals surface area contributed by atoms with Crippen LogP contribution in [0.4, 0.5) is 0 Å². The molecule has 1 saturated heterocycles. The molecule has 2 heterocycles. The lowest BCUT2D eigenvalue weighted by Crippen LogP contribution is -2.53. The standard InChI is InChI=1S/C22H31N5/c1-18-9-13-26(15-20(18)27-14-12-24-17-27)21(23-2)25-16-22(10-6-11-22)19-7-4-3-5-8-19/h3-5,7-8,12,14,17-18,20H,6,9-11,13,15-16H2,1-2H3,(H,23,25). The van der Waals surface area contributed by atoms with Crippen LogP contribution in [0.5, 0.6) is 0 Å². The Morgan fingerprint density at radius 2 is 2.11 bits per heavy atom. The highest BCUT2D eigenvalue weighted by atomic mass is 15.3. The fourth-order valence-electron chi connectivity index (χ4n) is 4.64. The number of nitrogens with one attached hydrogen (secondary N) is 1. The van der Waals surface area contributed by atoms with Gasteiger partial charge in [0.2, 0.25) is 0 Å². The van der Waals surface area contributed by atoms with Crippen LogP contribution in [0.2, 0.25) is 0 Å². The van der Waals surface area contributed by atoms with Crippen molar-refractivity contribution in [2.75, 3.05) is 26.7 Å². The van der Waals surface area contributed by atoms with Gasteiger partial charge in [-0.05, 0) is 30.7 Å². The maximum Gasteiger partial charge on any atom is 0.193 e. The van der Waals surface area contributed by atoms with Crippen molar-refractivity contribution in [1.29, 1.82) is 0 Å². The highest BCUT2D eigenvalue weighted by Gasteiger charge is 2.39. The van der Waals surface area contributed by atoms with Crippen molar-refractivity contribution in [3.05, 3.63) is 54.6 Å². The Morgan fingerprint density at radius 3 is 2.74 bits per heavy atom. The fraction of sp³-hybridized carbons (Fsp3) is 0.545. The molecule has 5 nitrogen and oxygen atoms in total. The summed E-state index contributed by atoms with van der Waals surface area (Å²) in [5.74, 6) is 1.69. The molecule has 2 unspecified atom stereocenters. The zero-order valence-corrected chi connectivity index (χ0v) is 16.5. The predicted molar refractivity (Wildman–Crippen MR) is 110 cm³/mol. The molecule has 0 amide bonds. The number of nitrogens with zero attached hydrogens (tertiary/aromatic N) is 4. The summed E-state index contributed by atoms with van der Waals surface area (Å²) in [6, 6.07) is 11.4. The molecule has 0 radical (unpaired) electrons. The van der Waals surface area contributed by atoms with Crippen LogP contribution < -0.4 is 5.32 Å². The second-order valence-corrected chi connectivity index (χ2v) is 8.19. The van der Waals surface area contributed by atoms with Crippen LogP contribution in [-0.2, 0) is 5.41 Å². The van der Waals surface area contributed by atoms with E-state index in [-0.39, 0.29) is 5.41 Å². The van der Waals surface area contributed by atoms with Gasteiger partial charge >= 0.3 is 0 Å². The van der Waals surface area contributed by atoms with Crippen molar-refractivity contribution in [3.63, 3.8) is 0 Å². The fourth-order valence-corrected chi connectivity index (χ4v) is 4.64. The summed E-state index contributed by atoms with van der Waals surface area (Å²) in [4.78, 5) is 11.3. The van der Waals surface area contributed by atoms with E-state index < -0.39 is 0 Å². The third-order valence-corrected chi connectivity index (χ3v) is 6.62. The highest BCUT2D eigenvalue weighted by Crippen LogP contribution is 2.43. The van der Waals surface area contributed by atoms with Gasteiger partial charge in [-0.3, -0.25) is 4.99 Å². The van der Waals surface area contributed by atoms with Gasteiger partial charge in [-0.2, -0.15) is 0 Å². The molecule has 4 rings (SSSR count).